The van der Waals surface area contributed by atoms with Gasteiger partial charge in [0.2, 0.25) is 11.7 Å². The first-order valence-electron chi connectivity index (χ1n) is 9.06. The molecule has 1 fully saturated rings. The molecular formula is C19H26N6O2. The van der Waals surface area contributed by atoms with Crippen LogP contribution >= 0.6 is 0 Å². The zero-order chi connectivity index (χ0) is 19.4. The number of nitrogens with one attached hydrogen (secondary N) is 2. The Morgan fingerprint density at radius 1 is 1.33 bits per heavy atom. The van der Waals surface area contributed by atoms with Crippen LogP contribution in [-0.4, -0.2) is 54.1 Å². The van der Waals surface area contributed by atoms with Crippen LogP contribution in [0.3, 0.4) is 0 Å². The van der Waals surface area contributed by atoms with Crippen LogP contribution in [0.1, 0.15) is 33.9 Å². The van der Waals surface area contributed by atoms with Crippen molar-refractivity contribution in [2.45, 2.75) is 32.9 Å². The molecule has 0 bridgehead atoms. The summed E-state index contributed by atoms with van der Waals surface area (Å²) in [7, 11) is 3.20. The summed E-state index contributed by atoms with van der Waals surface area (Å²) in [6, 6.07) is 4.23. The van der Waals surface area contributed by atoms with Gasteiger partial charge in [-0.05, 0) is 25.8 Å². The van der Waals surface area contributed by atoms with Gasteiger partial charge in [0.1, 0.15) is 5.82 Å². The molecule has 0 saturated carbocycles. The number of pyridine rings is 1. The predicted octanol–water partition coefficient (Wildman–Crippen LogP) is 1.23. The molecule has 2 N–H and O–H groups in total. The van der Waals surface area contributed by atoms with E-state index in [0.29, 0.717) is 11.9 Å². The molecule has 0 aromatic carbocycles. The van der Waals surface area contributed by atoms with E-state index in [4.69, 9.17) is 4.74 Å². The van der Waals surface area contributed by atoms with E-state index in [9.17, 15) is 4.79 Å². The smallest absolute Gasteiger partial charge is 0.288 e. The van der Waals surface area contributed by atoms with Crippen LogP contribution in [0.15, 0.2) is 18.3 Å². The summed E-state index contributed by atoms with van der Waals surface area (Å²) in [6.45, 7) is 6.40. The predicted molar refractivity (Wildman–Crippen MR) is 103 cm³/mol. The summed E-state index contributed by atoms with van der Waals surface area (Å²) >= 11 is 0. The van der Waals surface area contributed by atoms with E-state index in [2.05, 4.69) is 30.5 Å². The maximum absolute atomic E-state index is 11.9. The van der Waals surface area contributed by atoms with Crippen LogP contribution in [0.4, 0.5) is 5.82 Å². The molecule has 3 rings (SSSR count). The Morgan fingerprint density at radius 2 is 2.15 bits per heavy atom. The van der Waals surface area contributed by atoms with Crippen LogP contribution in [0, 0.1) is 13.8 Å². The van der Waals surface area contributed by atoms with Gasteiger partial charge in [-0.1, -0.05) is 6.07 Å². The number of rotatable bonds is 6. The quantitative estimate of drug-likeness (QED) is 0.790. The molecule has 27 heavy (non-hydrogen) atoms. The molecule has 0 spiro atoms. The summed E-state index contributed by atoms with van der Waals surface area (Å²) in [6.07, 6.45) is 2.84. The molecule has 1 saturated heterocycles. The van der Waals surface area contributed by atoms with Gasteiger partial charge in [-0.3, -0.25) is 4.79 Å². The third-order valence-corrected chi connectivity index (χ3v) is 4.88. The van der Waals surface area contributed by atoms with Gasteiger partial charge in [0, 0.05) is 56.2 Å². The van der Waals surface area contributed by atoms with E-state index in [-0.39, 0.29) is 11.7 Å². The van der Waals surface area contributed by atoms with Crippen molar-refractivity contribution in [3.05, 3.63) is 41.0 Å². The zero-order valence-electron chi connectivity index (χ0n) is 16.2. The highest BCUT2D eigenvalue weighted by atomic mass is 16.5. The third-order valence-electron chi connectivity index (χ3n) is 4.88. The minimum atomic E-state index is -0.264. The van der Waals surface area contributed by atoms with Crippen molar-refractivity contribution in [1.29, 1.82) is 0 Å². The van der Waals surface area contributed by atoms with Gasteiger partial charge in [0.25, 0.3) is 5.91 Å². The standard InChI is InChI=1S/C19H26N6O2/c1-12-13(2)23-17(19(26)20-3)24-18(12)25-8-7-15(11-25)21-9-14-5-6-16(27-4)22-10-14/h5-6,10,15,21H,7-9,11H2,1-4H3,(H,20,26)/t15-/m1/s1. The van der Waals surface area contributed by atoms with E-state index in [1.165, 1.54) is 0 Å². The molecule has 2 aromatic heterocycles. The first-order valence-corrected chi connectivity index (χ1v) is 9.06. The molecule has 144 valence electrons. The van der Waals surface area contributed by atoms with Crippen molar-refractivity contribution in [2.75, 3.05) is 32.1 Å². The van der Waals surface area contributed by atoms with Gasteiger partial charge in [-0.2, -0.15) is 0 Å². The highest BCUT2D eigenvalue weighted by molar-refractivity contribution is 5.90. The highest BCUT2D eigenvalue weighted by Crippen LogP contribution is 2.24. The number of carbonyl (C=O) groups excluding carboxylic acids is 1. The van der Waals surface area contributed by atoms with Crippen molar-refractivity contribution in [1.82, 2.24) is 25.6 Å². The molecule has 1 aliphatic rings. The Labute approximate surface area is 159 Å². The highest BCUT2D eigenvalue weighted by Gasteiger charge is 2.26. The van der Waals surface area contributed by atoms with Gasteiger partial charge in [0.15, 0.2) is 0 Å². The molecule has 2 aromatic rings. The Bertz CT molecular complexity index is 809. The van der Waals surface area contributed by atoms with Gasteiger partial charge < -0.3 is 20.3 Å². The second-order valence-electron chi connectivity index (χ2n) is 6.68. The Kier molecular flexibility index (Phi) is 5.85. The number of amides is 1. The number of carbonyl (C=O) groups is 1. The van der Waals surface area contributed by atoms with Crippen LogP contribution in [-0.2, 0) is 6.54 Å². The number of hydrogen-bond acceptors (Lipinski definition) is 7. The van der Waals surface area contributed by atoms with Crippen LogP contribution in [0.25, 0.3) is 0 Å². The fraction of sp³-hybridized carbons (Fsp3) is 0.474. The molecule has 1 aliphatic heterocycles. The maximum Gasteiger partial charge on any atom is 0.288 e. The lowest BCUT2D eigenvalue weighted by Crippen LogP contribution is -2.33. The lowest BCUT2D eigenvalue weighted by molar-refractivity contribution is 0.0952. The molecule has 1 atom stereocenters. The number of hydrogen-bond donors (Lipinski definition) is 2. The number of nitrogens with zero attached hydrogens (tertiary/aromatic N) is 4. The van der Waals surface area contributed by atoms with Crippen molar-refractivity contribution >= 4 is 11.7 Å². The zero-order valence-corrected chi connectivity index (χ0v) is 16.2. The average molecular weight is 370 g/mol. The number of ether oxygens (including phenoxy) is 1. The third kappa shape index (κ3) is 4.33. The fourth-order valence-corrected chi connectivity index (χ4v) is 3.15. The van der Waals surface area contributed by atoms with Gasteiger partial charge in [-0.15, -0.1) is 0 Å². The van der Waals surface area contributed by atoms with Crippen molar-refractivity contribution < 1.29 is 9.53 Å². The summed E-state index contributed by atoms with van der Waals surface area (Å²) in [5, 5.41) is 6.16. The molecule has 1 amide bonds. The molecule has 0 aliphatic carbocycles. The second kappa shape index (κ2) is 8.30. The summed E-state index contributed by atoms with van der Waals surface area (Å²) < 4.78 is 5.09. The number of anilines is 1. The normalized spacial score (nSPS) is 16.4. The van der Waals surface area contributed by atoms with Crippen LogP contribution in [0.5, 0.6) is 5.88 Å². The molecule has 0 unspecified atom stereocenters. The average Bonchev–Trinajstić information content (AvgIpc) is 3.16. The van der Waals surface area contributed by atoms with Crippen LogP contribution in [0.2, 0.25) is 0 Å². The first kappa shape index (κ1) is 19.0. The largest absolute Gasteiger partial charge is 0.481 e. The maximum atomic E-state index is 11.9. The van der Waals surface area contributed by atoms with E-state index in [0.717, 1.165) is 48.7 Å². The fourth-order valence-electron chi connectivity index (χ4n) is 3.15. The SMILES string of the molecule is CNC(=O)c1nc(C)c(C)c(N2CC[C@@H](NCc3ccc(OC)nc3)C2)n1. The molecule has 8 nitrogen and oxygen atoms in total. The summed E-state index contributed by atoms with van der Waals surface area (Å²) in [5.74, 6) is 1.42. The number of aryl methyl sites for hydroxylation is 1. The Morgan fingerprint density at radius 3 is 2.81 bits per heavy atom. The molecule has 8 heteroatoms. The topological polar surface area (TPSA) is 92.3 Å². The Balaban J connectivity index is 1.65. The molecule has 0 radical (unpaired) electrons. The van der Waals surface area contributed by atoms with Crippen molar-refractivity contribution in [3.8, 4) is 5.88 Å². The minimum Gasteiger partial charge on any atom is -0.481 e. The van der Waals surface area contributed by atoms with Gasteiger partial charge in [0.05, 0.1) is 7.11 Å². The summed E-state index contributed by atoms with van der Waals surface area (Å²) in [4.78, 5) is 27.2. The molecule has 3 heterocycles. The van der Waals surface area contributed by atoms with E-state index >= 15 is 0 Å². The second-order valence-corrected chi connectivity index (χ2v) is 6.68. The molecular weight excluding hydrogens is 344 g/mol. The monoisotopic (exact) mass is 370 g/mol. The summed E-state index contributed by atoms with van der Waals surface area (Å²) in [5.41, 5.74) is 2.96. The number of methoxy groups -OCH3 is 1. The lowest BCUT2D eigenvalue weighted by Gasteiger charge is -2.21. The minimum absolute atomic E-state index is 0.219. The van der Waals surface area contributed by atoms with E-state index in [1.54, 1.807) is 14.2 Å². The van der Waals surface area contributed by atoms with E-state index < -0.39 is 0 Å². The lowest BCUT2D eigenvalue weighted by atomic mass is 10.2. The van der Waals surface area contributed by atoms with Gasteiger partial charge >= 0.3 is 0 Å². The Hall–Kier alpha value is -2.74. The first-order chi connectivity index (χ1) is 13.0. The van der Waals surface area contributed by atoms with Crippen molar-refractivity contribution in [3.63, 3.8) is 0 Å². The van der Waals surface area contributed by atoms with Crippen molar-refractivity contribution in [2.24, 2.45) is 0 Å². The van der Waals surface area contributed by atoms with Gasteiger partial charge in [-0.25, -0.2) is 15.0 Å². The van der Waals surface area contributed by atoms with E-state index in [1.807, 2.05) is 32.2 Å². The number of aromatic nitrogens is 3. The van der Waals surface area contributed by atoms with Crippen LogP contribution < -0.4 is 20.3 Å².